The average molecular weight is 675 g/mol. The minimum absolute atomic E-state index is 0.129. The molecule has 0 aliphatic carbocycles. The number of carbonyl (C=O) groups excluding carboxylic acids is 3. The van der Waals surface area contributed by atoms with Crippen molar-refractivity contribution in [3.05, 3.63) is 72.2 Å². The van der Waals surface area contributed by atoms with Gasteiger partial charge in [-0.05, 0) is 48.1 Å². The Labute approximate surface area is 282 Å². The Morgan fingerprint density at radius 2 is 1.92 bits per heavy atom. The highest BCUT2D eigenvalue weighted by Gasteiger charge is 2.37. The molecule has 0 radical (unpaired) electrons. The first-order valence-corrected chi connectivity index (χ1v) is 16.1. The van der Waals surface area contributed by atoms with Gasteiger partial charge in [-0.15, -0.1) is 5.10 Å². The predicted molar refractivity (Wildman–Crippen MR) is 176 cm³/mol. The smallest absolute Gasteiger partial charge is 0.414 e. The van der Waals surface area contributed by atoms with Crippen molar-refractivity contribution in [2.75, 3.05) is 32.2 Å². The predicted octanol–water partition coefficient (Wildman–Crippen LogP) is 4.69. The van der Waals surface area contributed by atoms with Gasteiger partial charge in [-0.2, -0.15) is 0 Å². The Bertz CT molecular complexity index is 1810. The van der Waals surface area contributed by atoms with Gasteiger partial charge in [0.1, 0.15) is 29.5 Å². The third kappa shape index (κ3) is 7.26. The molecule has 2 aromatic heterocycles. The molecule has 0 unspecified atom stereocenters. The number of nitrogens with zero attached hydrogens (tertiary/aromatic N) is 6. The normalized spacial score (nSPS) is 18.2. The zero-order valence-electron chi connectivity index (χ0n) is 27.8. The van der Waals surface area contributed by atoms with E-state index in [9.17, 15) is 14.4 Å². The maximum absolute atomic E-state index is 15.4. The first-order valence-electron chi connectivity index (χ1n) is 16.1. The molecule has 4 aromatic rings. The Hall–Kier alpha value is -5.31. The second-order valence-corrected chi connectivity index (χ2v) is 12.5. The van der Waals surface area contributed by atoms with E-state index in [1.165, 1.54) is 18.1 Å². The number of hydrogen-bond acceptors (Lipinski definition) is 9. The molecule has 0 spiro atoms. The molecule has 0 saturated carbocycles. The van der Waals surface area contributed by atoms with Gasteiger partial charge in [-0.3, -0.25) is 9.69 Å². The molecule has 6 rings (SSSR count). The number of benzene rings is 2. The molecule has 2 N–H and O–H groups in total. The van der Waals surface area contributed by atoms with E-state index >= 15 is 4.39 Å². The average Bonchev–Trinajstić information content (AvgIpc) is 3.91. The molecule has 2 aliphatic heterocycles. The fourth-order valence-electron chi connectivity index (χ4n) is 6.26. The SMILES string of the molecule is COCc1cn(C[C@H]2CN(c3ccc(-c4ccc(-c5cnc([C@@H]6CCCN6C(=O)[C@@H](NC(=O)OC)C(C)C)[nH]5)cc4)c(F)c3)C(=O)O2)nn1. The largest absolute Gasteiger partial charge is 0.453 e. The third-order valence-corrected chi connectivity index (χ3v) is 8.75. The van der Waals surface area contributed by atoms with Crippen LogP contribution in [0.1, 0.15) is 44.2 Å². The van der Waals surface area contributed by atoms with Crippen molar-refractivity contribution in [3.63, 3.8) is 0 Å². The maximum Gasteiger partial charge on any atom is 0.414 e. The quantitative estimate of drug-likeness (QED) is 0.230. The summed E-state index contributed by atoms with van der Waals surface area (Å²) in [6.07, 6.45) is 3.33. The van der Waals surface area contributed by atoms with Gasteiger partial charge in [0, 0.05) is 19.2 Å². The number of hydrogen-bond donors (Lipinski definition) is 2. The maximum atomic E-state index is 15.4. The molecule has 2 aliphatic rings. The van der Waals surface area contributed by atoms with Crippen LogP contribution in [0.25, 0.3) is 22.4 Å². The van der Waals surface area contributed by atoms with Gasteiger partial charge in [0.05, 0.1) is 56.6 Å². The molecular weight excluding hydrogens is 635 g/mol. The lowest BCUT2D eigenvalue weighted by molar-refractivity contribution is -0.135. The Kier molecular flexibility index (Phi) is 9.90. The Morgan fingerprint density at radius 1 is 1.14 bits per heavy atom. The summed E-state index contributed by atoms with van der Waals surface area (Å²) in [7, 11) is 2.84. The number of ether oxygens (including phenoxy) is 3. The van der Waals surface area contributed by atoms with Gasteiger partial charge >= 0.3 is 12.2 Å². The van der Waals surface area contributed by atoms with E-state index in [1.54, 1.807) is 41.2 Å². The molecule has 2 fully saturated rings. The van der Waals surface area contributed by atoms with Gasteiger partial charge in [0.2, 0.25) is 5.91 Å². The zero-order chi connectivity index (χ0) is 34.7. The number of anilines is 1. The van der Waals surface area contributed by atoms with Crippen LogP contribution in [0.2, 0.25) is 0 Å². The van der Waals surface area contributed by atoms with Gasteiger partial charge < -0.3 is 29.4 Å². The van der Waals surface area contributed by atoms with Crippen molar-refractivity contribution in [3.8, 4) is 22.4 Å². The highest BCUT2D eigenvalue weighted by molar-refractivity contribution is 5.90. The van der Waals surface area contributed by atoms with Crippen LogP contribution in [0.3, 0.4) is 0 Å². The molecule has 3 amide bonds. The summed E-state index contributed by atoms with van der Waals surface area (Å²) in [5, 5.41) is 10.7. The van der Waals surface area contributed by atoms with Crippen LogP contribution in [0.4, 0.5) is 19.7 Å². The van der Waals surface area contributed by atoms with Crippen LogP contribution >= 0.6 is 0 Å². The number of carbonyl (C=O) groups is 3. The number of amides is 3. The van der Waals surface area contributed by atoms with Crippen molar-refractivity contribution in [2.45, 2.75) is 58.0 Å². The first-order chi connectivity index (χ1) is 23.6. The van der Waals surface area contributed by atoms with Crippen LogP contribution in [0.15, 0.2) is 54.9 Å². The number of cyclic esters (lactones) is 1. The van der Waals surface area contributed by atoms with E-state index in [1.807, 2.05) is 38.1 Å². The summed E-state index contributed by atoms with van der Waals surface area (Å²) >= 11 is 0. The van der Waals surface area contributed by atoms with E-state index < -0.39 is 30.1 Å². The summed E-state index contributed by atoms with van der Waals surface area (Å²) in [5.41, 5.74) is 3.72. The van der Waals surface area contributed by atoms with Crippen molar-refractivity contribution in [1.82, 2.24) is 35.2 Å². The fourth-order valence-corrected chi connectivity index (χ4v) is 6.26. The standard InChI is InChI=1S/C34H39FN8O6/c1-20(2)30(38-33(45)48-4)32(44)42-13-5-6-29(42)31-36-15-28(37-31)22-9-7-21(8-10-22)26-12-11-24(14-27(26)35)43-18-25(49-34(43)46)17-41-16-23(19-47-3)39-40-41/h7-12,14-16,20,25,29-30H,5-6,13,17-19H2,1-4H3,(H,36,37)(H,38,45)/t25-,29-,30-/m0/s1. The number of rotatable bonds is 11. The molecule has 15 heteroatoms. The van der Waals surface area contributed by atoms with Crippen LogP contribution < -0.4 is 10.2 Å². The molecule has 3 atom stereocenters. The number of halogens is 1. The van der Waals surface area contributed by atoms with E-state index in [0.717, 1.165) is 24.1 Å². The summed E-state index contributed by atoms with van der Waals surface area (Å²) in [4.78, 5) is 49.1. The first kappa shape index (κ1) is 33.6. The second kappa shape index (κ2) is 14.4. The zero-order valence-corrected chi connectivity index (χ0v) is 27.8. The van der Waals surface area contributed by atoms with E-state index in [2.05, 4.69) is 25.6 Å². The number of nitrogens with one attached hydrogen (secondary N) is 2. The summed E-state index contributed by atoms with van der Waals surface area (Å²) in [5.74, 6) is -0.122. The molecule has 49 heavy (non-hydrogen) atoms. The van der Waals surface area contributed by atoms with E-state index in [0.29, 0.717) is 48.0 Å². The van der Waals surface area contributed by atoms with Crippen LogP contribution in [0.5, 0.6) is 0 Å². The summed E-state index contributed by atoms with van der Waals surface area (Å²) in [6.45, 7) is 5.19. The third-order valence-electron chi connectivity index (χ3n) is 8.75. The van der Waals surface area contributed by atoms with E-state index in [4.69, 9.17) is 14.2 Å². The van der Waals surface area contributed by atoms with Crippen molar-refractivity contribution < 1.29 is 33.0 Å². The van der Waals surface area contributed by atoms with Gasteiger partial charge in [-0.1, -0.05) is 43.3 Å². The molecule has 14 nitrogen and oxygen atoms in total. The molecule has 4 heterocycles. The number of alkyl carbamates (subject to hydrolysis) is 1. The van der Waals surface area contributed by atoms with Crippen molar-refractivity contribution in [1.29, 1.82) is 0 Å². The van der Waals surface area contributed by atoms with Gasteiger partial charge in [-0.25, -0.2) is 23.6 Å². The van der Waals surface area contributed by atoms with Crippen molar-refractivity contribution >= 4 is 23.8 Å². The van der Waals surface area contributed by atoms with Crippen LogP contribution in [-0.4, -0.2) is 87.4 Å². The number of aromatic nitrogens is 5. The van der Waals surface area contributed by atoms with E-state index in [-0.39, 0.29) is 24.4 Å². The number of H-pyrrole nitrogens is 1. The minimum Gasteiger partial charge on any atom is -0.453 e. The van der Waals surface area contributed by atoms with Gasteiger partial charge in [0.15, 0.2) is 0 Å². The highest BCUT2D eigenvalue weighted by atomic mass is 19.1. The van der Waals surface area contributed by atoms with Crippen molar-refractivity contribution in [2.24, 2.45) is 5.92 Å². The number of likely N-dealkylation sites (tertiary alicyclic amines) is 1. The lowest BCUT2D eigenvalue weighted by Crippen LogP contribution is -2.51. The minimum atomic E-state index is -0.716. The van der Waals surface area contributed by atoms with Crippen LogP contribution in [0, 0.1) is 11.7 Å². The molecule has 2 saturated heterocycles. The summed E-state index contributed by atoms with van der Waals surface area (Å²) in [6, 6.07) is 11.1. The summed E-state index contributed by atoms with van der Waals surface area (Å²) < 4.78 is 32.3. The number of aromatic amines is 1. The lowest BCUT2D eigenvalue weighted by atomic mass is 10.0. The fraction of sp³-hybridized carbons (Fsp3) is 0.412. The number of methoxy groups -OCH3 is 2. The van der Waals surface area contributed by atoms with Gasteiger partial charge in [0.25, 0.3) is 0 Å². The second-order valence-electron chi connectivity index (χ2n) is 12.5. The lowest BCUT2D eigenvalue weighted by Gasteiger charge is -2.30. The number of imidazole rings is 1. The van der Waals surface area contributed by atoms with Crippen LogP contribution in [-0.2, 0) is 32.2 Å². The molecule has 258 valence electrons. The topological polar surface area (TPSA) is 157 Å². The molecule has 0 bridgehead atoms. The monoisotopic (exact) mass is 674 g/mol. The Morgan fingerprint density at radius 3 is 2.63 bits per heavy atom. The molecule has 2 aromatic carbocycles. The highest BCUT2D eigenvalue weighted by Crippen LogP contribution is 2.34. The molecular formula is C34H39FN8O6. The Balaban J connectivity index is 1.11.